The SMILES string of the molecule is Fc1c(C#Cc2nc(C3CCC3)cs2)cccc1-c1nn[nH]n1. The molecule has 114 valence electrons. The zero-order chi connectivity index (χ0) is 15.6. The Balaban J connectivity index is 1.62. The third kappa shape index (κ3) is 2.73. The van der Waals surface area contributed by atoms with E-state index in [2.05, 4.69) is 42.8 Å². The van der Waals surface area contributed by atoms with Gasteiger partial charge in [0.15, 0.2) is 5.01 Å². The lowest BCUT2D eigenvalue weighted by molar-refractivity contribution is 0.412. The maximum Gasteiger partial charge on any atom is 0.207 e. The fourth-order valence-corrected chi connectivity index (χ4v) is 3.18. The first-order valence-electron chi connectivity index (χ1n) is 7.31. The number of rotatable bonds is 2. The molecule has 0 bridgehead atoms. The first kappa shape index (κ1) is 14.0. The Kier molecular flexibility index (Phi) is 3.60. The second kappa shape index (κ2) is 5.89. The molecule has 0 aliphatic heterocycles. The molecule has 0 unspecified atom stereocenters. The lowest BCUT2D eigenvalue weighted by Crippen LogP contribution is -2.08. The molecule has 1 aromatic carbocycles. The summed E-state index contributed by atoms with van der Waals surface area (Å²) in [5.41, 5.74) is 1.69. The summed E-state index contributed by atoms with van der Waals surface area (Å²) in [6.07, 6.45) is 3.69. The van der Waals surface area contributed by atoms with Crippen LogP contribution in [0.15, 0.2) is 23.6 Å². The fourth-order valence-electron chi connectivity index (χ4n) is 2.43. The van der Waals surface area contributed by atoms with Crippen LogP contribution in [0.25, 0.3) is 11.4 Å². The van der Waals surface area contributed by atoms with Crippen LogP contribution < -0.4 is 0 Å². The Morgan fingerprint density at radius 2 is 2.17 bits per heavy atom. The van der Waals surface area contributed by atoms with Crippen molar-refractivity contribution in [1.82, 2.24) is 25.6 Å². The molecule has 0 radical (unpaired) electrons. The monoisotopic (exact) mass is 325 g/mol. The predicted octanol–water partition coefficient (Wildman–Crippen LogP) is 3.13. The Hall–Kier alpha value is -2.59. The molecule has 0 saturated heterocycles. The molecule has 5 nitrogen and oxygen atoms in total. The van der Waals surface area contributed by atoms with Gasteiger partial charge in [-0.1, -0.05) is 18.4 Å². The van der Waals surface area contributed by atoms with Crippen LogP contribution in [-0.2, 0) is 0 Å². The molecule has 23 heavy (non-hydrogen) atoms. The summed E-state index contributed by atoms with van der Waals surface area (Å²) in [6, 6.07) is 4.95. The minimum Gasteiger partial charge on any atom is -0.232 e. The molecule has 1 saturated carbocycles. The van der Waals surface area contributed by atoms with Gasteiger partial charge < -0.3 is 0 Å². The molecule has 0 spiro atoms. The normalized spacial score (nSPS) is 14.1. The molecule has 1 aliphatic rings. The number of aromatic nitrogens is 5. The van der Waals surface area contributed by atoms with E-state index >= 15 is 0 Å². The average molecular weight is 325 g/mol. The fraction of sp³-hybridized carbons (Fsp3) is 0.250. The van der Waals surface area contributed by atoms with Crippen molar-refractivity contribution >= 4 is 11.3 Å². The number of H-pyrrole nitrogens is 1. The van der Waals surface area contributed by atoms with Gasteiger partial charge in [0.25, 0.3) is 0 Å². The highest BCUT2D eigenvalue weighted by Gasteiger charge is 2.21. The van der Waals surface area contributed by atoms with Crippen LogP contribution in [0.5, 0.6) is 0 Å². The maximum absolute atomic E-state index is 14.5. The van der Waals surface area contributed by atoms with Crippen molar-refractivity contribution in [3.63, 3.8) is 0 Å². The smallest absolute Gasteiger partial charge is 0.207 e. The lowest BCUT2D eigenvalue weighted by atomic mass is 9.83. The first-order chi connectivity index (χ1) is 11.3. The van der Waals surface area contributed by atoms with E-state index in [4.69, 9.17) is 0 Å². The summed E-state index contributed by atoms with van der Waals surface area (Å²) in [5.74, 6) is 6.16. The Morgan fingerprint density at radius 3 is 2.91 bits per heavy atom. The van der Waals surface area contributed by atoms with E-state index in [-0.39, 0.29) is 11.4 Å². The quantitative estimate of drug-likeness (QED) is 0.735. The largest absolute Gasteiger partial charge is 0.232 e. The van der Waals surface area contributed by atoms with E-state index in [1.165, 1.54) is 30.6 Å². The third-order valence-electron chi connectivity index (χ3n) is 3.93. The van der Waals surface area contributed by atoms with E-state index in [0.29, 0.717) is 11.5 Å². The number of nitrogens with zero attached hydrogens (tertiary/aromatic N) is 4. The summed E-state index contributed by atoms with van der Waals surface area (Å²) in [4.78, 5) is 4.53. The van der Waals surface area contributed by atoms with Crippen molar-refractivity contribution in [3.05, 3.63) is 45.7 Å². The van der Waals surface area contributed by atoms with Crippen molar-refractivity contribution in [2.24, 2.45) is 0 Å². The molecule has 1 fully saturated rings. The standard InChI is InChI=1S/C16H12FN5S/c17-15-11(5-2-6-12(15)16-19-21-22-20-16)7-8-14-18-13(9-23-14)10-3-1-4-10/h2,5-6,9-10H,1,3-4H2,(H,19,20,21,22). The van der Waals surface area contributed by atoms with Gasteiger partial charge in [-0.2, -0.15) is 5.21 Å². The minimum atomic E-state index is -0.447. The van der Waals surface area contributed by atoms with Crippen LogP contribution in [0, 0.1) is 17.7 Å². The van der Waals surface area contributed by atoms with Crippen molar-refractivity contribution in [2.45, 2.75) is 25.2 Å². The van der Waals surface area contributed by atoms with Gasteiger partial charge in [-0.15, -0.1) is 21.5 Å². The number of halogens is 1. The molecule has 1 N–H and O–H groups in total. The molecule has 0 atom stereocenters. The third-order valence-corrected chi connectivity index (χ3v) is 4.71. The number of hydrogen-bond acceptors (Lipinski definition) is 5. The Labute approximate surface area is 136 Å². The summed E-state index contributed by atoms with van der Waals surface area (Å²) in [7, 11) is 0. The topological polar surface area (TPSA) is 67.3 Å². The van der Waals surface area contributed by atoms with Gasteiger partial charge in [0.2, 0.25) is 5.82 Å². The molecule has 2 heterocycles. The average Bonchev–Trinajstić information content (AvgIpc) is 3.16. The number of benzene rings is 1. The van der Waals surface area contributed by atoms with Gasteiger partial charge in [0.1, 0.15) is 5.82 Å². The van der Waals surface area contributed by atoms with Crippen LogP contribution in [0.3, 0.4) is 0 Å². The molecule has 0 amide bonds. The van der Waals surface area contributed by atoms with Gasteiger partial charge in [-0.25, -0.2) is 9.37 Å². The predicted molar refractivity (Wildman–Crippen MR) is 84.3 cm³/mol. The second-order valence-corrected chi connectivity index (χ2v) is 6.22. The number of tetrazole rings is 1. The zero-order valence-corrected chi connectivity index (χ0v) is 12.9. The molecule has 4 rings (SSSR count). The molecule has 3 aromatic rings. The highest BCUT2D eigenvalue weighted by molar-refractivity contribution is 7.10. The van der Waals surface area contributed by atoms with E-state index < -0.39 is 5.82 Å². The molecular formula is C16H12FN5S. The molecule has 1 aliphatic carbocycles. The van der Waals surface area contributed by atoms with Crippen LogP contribution in [0.1, 0.15) is 41.4 Å². The number of aromatic amines is 1. The Morgan fingerprint density at radius 1 is 1.26 bits per heavy atom. The van der Waals surface area contributed by atoms with Gasteiger partial charge in [-0.05, 0) is 36.1 Å². The first-order valence-corrected chi connectivity index (χ1v) is 8.19. The summed E-state index contributed by atoms with van der Waals surface area (Å²) >= 11 is 1.51. The lowest BCUT2D eigenvalue weighted by Gasteiger charge is -2.22. The van der Waals surface area contributed by atoms with E-state index in [9.17, 15) is 4.39 Å². The van der Waals surface area contributed by atoms with Crippen molar-refractivity contribution < 1.29 is 4.39 Å². The highest BCUT2D eigenvalue weighted by Crippen LogP contribution is 2.36. The van der Waals surface area contributed by atoms with Gasteiger partial charge in [0.05, 0.1) is 16.8 Å². The second-order valence-electron chi connectivity index (χ2n) is 5.36. The molecule has 2 aromatic heterocycles. The van der Waals surface area contributed by atoms with Gasteiger partial charge in [-0.3, -0.25) is 0 Å². The van der Waals surface area contributed by atoms with Crippen molar-refractivity contribution in [1.29, 1.82) is 0 Å². The summed E-state index contributed by atoms with van der Waals surface area (Å²) < 4.78 is 14.5. The van der Waals surface area contributed by atoms with Crippen LogP contribution in [0.4, 0.5) is 4.39 Å². The molecule has 7 heteroatoms. The molecular weight excluding hydrogens is 313 g/mol. The van der Waals surface area contributed by atoms with Crippen LogP contribution in [0.2, 0.25) is 0 Å². The van der Waals surface area contributed by atoms with Gasteiger partial charge in [0, 0.05) is 11.3 Å². The van der Waals surface area contributed by atoms with E-state index in [1.807, 2.05) is 0 Å². The van der Waals surface area contributed by atoms with Crippen molar-refractivity contribution in [3.8, 4) is 23.2 Å². The van der Waals surface area contributed by atoms with E-state index in [1.54, 1.807) is 18.2 Å². The maximum atomic E-state index is 14.5. The summed E-state index contributed by atoms with van der Waals surface area (Å²) in [5, 5.41) is 16.1. The van der Waals surface area contributed by atoms with Crippen LogP contribution in [-0.4, -0.2) is 25.6 Å². The summed E-state index contributed by atoms with van der Waals surface area (Å²) in [6.45, 7) is 0. The highest BCUT2D eigenvalue weighted by atomic mass is 32.1. The number of hydrogen-bond donors (Lipinski definition) is 1. The zero-order valence-electron chi connectivity index (χ0n) is 12.1. The minimum absolute atomic E-state index is 0.215. The number of thiazole rings is 1. The van der Waals surface area contributed by atoms with Crippen molar-refractivity contribution in [2.75, 3.05) is 0 Å². The Bertz CT molecular complexity index is 887. The van der Waals surface area contributed by atoms with Crippen LogP contribution >= 0.6 is 11.3 Å². The van der Waals surface area contributed by atoms with Gasteiger partial charge >= 0.3 is 0 Å². The van der Waals surface area contributed by atoms with E-state index in [0.717, 1.165) is 10.7 Å². The number of nitrogens with one attached hydrogen (secondary N) is 1.